The van der Waals surface area contributed by atoms with Crippen LogP contribution in [0, 0.1) is 11.8 Å². The number of nitrogens with one attached hydrogen (secondary N) is 1. The number of likely N-dealkylation sites (N-methyl/N-ethyl adjacent to an activating group) is 1. The van der Waals surface area contributed by atoms with Crippen LogP contribution in [0.5, 0.6) is 5.75 Å². The summed E-state index contributed by atoms with van der Waals surface area (Å²) >= 11 is 0. The lowest BCUT2D eigenvalue weighted by molar-refractivity contribution is -0.948. The molecule has 2 aromatic rings. The van der Waals surface area contributed by atoms with Crippen molar-refractivity contribution < 1.29 is 28.8 Å². The lowest BCUT2D eigenvalue weighted by Gasteiger charge is -2.34. The first-order valence-electron chi connectivity index (χ1n) is 11.8. The van der Waals surface area contributed by atoms with E-state index in [1.807, 2.05) is 31.2 Å². The summed E-state index contributed by atoms with van der Waals surface area (Å²) in [5.74, 6) is -2.00. The molecule has 3 fully saturated rings. The molecule has 0 aromatic heterocycles. The first-order chi connectivity index (χ1) is 16.4. The van der Waals surface area contributed by atoms with Gasteiger partial charge in [0.05, 0.1) is 17.9 Å². The SMILES string of the molecule is CCN1C(=O)[C@@]2(c3ccccc31)[C@@H]1C(=O)N(c3ccc(OC(C)=O)cc3)C(=O)[C@@H]1[C@@H]1CCC[NH+]12. The van der Waals surface area contributed by atoms with Gasteiger partial charge in [-0.2, -0.15) is 0 Å². The standard InChI is InChI=1S/C26H25N3O5/c1-3-27-19-8-5-4-7-18(19)26(25(27)33)22-21(20-9-6-14-28(20)26)23(31)29(24(22)32)16-10-12-17(13-11-16)34-15(2)30/h4-5,7-8,10-13,20-22H,3,6,9,14H2,1-2H3/p+1/t20-,21+,22-,26+/m0/s1. The van der Waals surface area contributed by atoms with E-state index in [-0.39, 0.29) is 23.8 Å². The summed E-state index contributed by atoms with van der Waals surface area (Å²) < 4.78 is 5.09. The molecule has 3 saturated heterocycles. The second-order valence-corrected chi connectivity index (χ2v) is 9.50. The molecule has 8 nitrogen and oxygen atoms in total. The van der Waals surface area contributed by atoms with Gasteiger partial charge in [-0.05, 0) is 37.3 Å². The monoisotopic (exact) mass is 460 g/mol. The minimum atomic E-state index is -1.07. The average molecular weight is 461 g/mol. The lowest BCUT2D eigenvalue weighted by Crippen LogP contribution is -3.20. The van der Waals surface area contributed by atoms with E-state index in [2.05, 4.69) is 0 Å². The molecule has 5 atom stereocenters. The van der Waals surface area contributed by atoms with Crippen molar-refractivity contribution in [3.05, 3.63) is 54.1 Å². The summed E-state index contributed by atoms with van der Waals surface area (Å²) in [7, 11) is 0. The second kappa shape index (κ2) is 7.24. The van der Waals surface area contributed by atoms with Crippen LogP contribution >= 0.6 is 0 Å². The second-order valence-electron chi connectivity index (χ2n) is 9.50. The van der Waals surface area contributed by atoms with Crippen LogP contribution in [0.3, 0.4) is 0 Å². The zero-order chi connectivity index (χ0) is 23.8. The molecule has 4 heterocycles. The Bertz CT molecular complexity index is 1240. The molecular formula is C26H26N3O5+. The smallest absolute Gasteiger partial charge is 0.308 e. The number of quaternary nitrogens is 1. The highest BCUT2D eigenvalue weighted by Crippen LogP contribution is 2.53. The maximum atomic E-state index is 14.1. The Hall–Kier alpha value is -3.52. The number of carbonyl (C=O) groups is 4. The molecule has 1 unspecified atom stereocenters. The number of nitrogens with zero attached hydrogens (tertiary/aromatic N) is 2. The fraction of sp³-hybridized carbons (Fsp3) is 0.385. The molecule has 3 amide bonds. The maximum Gasteiger partial charge on any atom is 0.308 e. The van der Waals surface area contributed by atoms with Crippen molar-refractivity contribution in [1.29, 1.82) is 0 Å². The number of para-hydroxylation sites is 1. The molecule has 8 heteroatoms. The number of ether oxygens (including phenoxy) is 1. The minimum Gasteiger partial charge on any atom is -0.427 e. The normalized spacial score (nSPS) is 31.3. The molecule has 0 bridgehead atoms. The van der Waals surface area contributed by atoms with E-state index >= 15 is 0 Å². The average Bonchev–Trinajstić information content (AvgIpc) is 3.52. The van der Waals surface area contributed by atoms with E-state index in [1.165, 1.54) is 11.8 Å². The lowest BCUT2D eigenvalue weighted by atomic mass is 9.75. The minimum absolute atomic E-state index is 0.0689. The molecule has 4 aliphatic rings. The number of benzene rings is 2. The van der Waals surface area contributed by atoms with Crippen LogP contribution in [0.4, 0.5) is 11.4 Å². The van der Waals surface area contributed by atoms with Crippen molar-refractivity contribution in [3.8, 4) is 5.75 Å². The van der Waals surface area contributed by atoms with E-state index in [9.17, 15) is 19.2 Å². The van der Waals surface area contributed by atoms with Crippen molar-refractivity contribution in [3.63, 3.8) is 0 Å². The van der Waals surface area contributed by atoms with E-state index in [0.717, 1.165) is 35.5 Å². The van der Waals surface area contributed by atoms with E-state index in [0.29, 0.717) is 18.0 Å². The van der Waals surface area contributed by atoms with Crippen LogP contribution in [0.15, 0.2) is 48.5 Å². The number of amides is 3. The molecule has 0 aliphatic carbocycles. The number of imide groups is 1. The van der Waals surface area contributed by atoms with Gasteiger partial charge >= 0.3 is 5.97 Å². The van der Waals surface area contributed by atoms with Crippen LogP contribution in [0.1, 0.15) is 32.3 Å². The van der Waals surface area contributed by atoms with E-state index < -0.39 is 23.3 Å². The Labute approximate surface area is 197 Å². The third kappa shape index (κ3) is 2.46. The number of carbonyl (C=O) groups excluding carboxylic acids is 4. The molecule has 0 saturated carbocycles. The van der Waals surface area contributed by atoms with Gasteiger partial charge in [0.2, 0.25) is 17.4 Å². The molecule has 4 aliphatic heterocycles. The molecule has 34 heavy (non-hydrogen) atoms. The molecule has 1 N–H and O–H groups in total. The number of esters is 1. The van der Waals surface area contributed by atoms with Crippen molar-refractivity contribution in [2.45, 2.75) is 38.3 Å². The van der Waals surface area contributed by atoms with Gasteiger partial charge < -0.3 is 14.5 Å². The first-order valence-corrected chi connectivity index (χ1v) is 11.8. The van der Waals surface area contributed by atoms with Crippen molar-refractivity contribution in [2.75, 3.05) is 22.9 Å². The van der Waals surface area contributed by atoms with Gasteiger partial charge in [-0.3, -0.25) is 19.2 Å². The van der Waals surface area contributed by atoms with E-state index in [4.69, 9.17) is 4.74 Å². The molecule has 0 radical (unpaired) electrons. The largest absolute Gasteiger partial charge is 0.427 e. The van der Waals surface area contributed by atoms with Gasteiger partial charge in [0.25, 0.3) is 5.91 Å². The van der Waals surface area contributed by atoms with Crippen LogP contribution in [0.2, 0.25) is 0 Å². The molecule has 1 spiro atoms. The molecular weight excluding hydrogens is 434 g/mol. The Balaban J connectivity index is 1.48. The molecule has 2 aromatic carbocycles. The Morgan fingerprint density at radius 2 is 1.82 bits per heavy atom. The number of anilines is 2. The quantitative estimate of drug-likeness (QED) is 0.420. The van der Waals surface area contributed by atoms with Gasteiger partial charge in [0, 0.05) is 31.9 Å². The van der Waals surface area contributed by atoms with Gasteiger partial charge in [0.15, 0.2) is 0 Å². The topological polar surface area (TPSA) is 88.4 Å². The fourth-order valence-corrected chi connectivity index (χ4v) is 7.00. The summed E-state index contributed by atoms with van der Waals surface area (Å²) in [5, 5.41) is 0. The summed E-state index contributed by atoms with van der Waals surface area (Å²) in [6.07, 6.45) is 1.74. The van der Waals surface area contributed by atoms with E-state index in [1.54, 1.807) is 29.2 Å². The first kappa shape index (κ1) is 21.0. The zero-order valence-electron chi connectivity index (χ0n) is 19.1. The number of rotatable bonds is 3. The summed E-state index contributed by atoms with van der Waals surface area (Å²) in [4.78, 5) is 57.3. The summed E-state index contributed by atoms with van der Waals surface area (Å²) in [6.45, 7) is 4.53. The van der Waals surface area contributed by atoms with Crippen molar-refractivity contribution in [1.82, 2.24) is 0 Å². The van der Waals surface area contributed by atoms with Crippen LogP contribution in [0.25, 0.3) is 0 Å². The maximum absolute atomic E-state index is 14.1. The predicted molar refractivity (Wildman–Crippen MR) is 122 cm³/mol. The van der Waals surface area contributed by atoms with Gasteiger partial charge in [-0.1, -0.05) is 18.2 Å². The van der Waals surface area contributed by atoms with Crippen LogP contribution in [-0.2, 0) is 24.7 Å². The number of fused-ring (bicyclic) bond motifs is 7. The third-order valence-electron chi connectivity index (χ3n) is 8.04. The predicted octanol–water partition coefficient (Wildman–Crippen LogP) is 1.04. The summed E-state index contributed by atoms with van der Waals surface area (Å²) in [5.41, 5.74) is 1.07. The van der Waals surface area contributed by atoms with Gasteiger partial charge in [-0.15, -0.1) is 0 Å². The van der Waals surface area contributed by atoms with Crippen LogP contribution in [-0.4, -0.2) is 42.8 Å². The fourth-order valence-electron chi connectivity index (χ4n) is 7.00. The zero-order valence-corrected chi connectivity index (χ0v) is 19.1. The molecule has 6 rings (SSSR count). The number of hydrogen-bond acceptors (Lipinski definition) is 5. The van der Waals surface area contributed by atoms with Gasteiger partial charge in [0.1, 0.15) is 23.6 Å². The van der Waals surface area contributed by atoms with Crippen molar-refractivity contribution in [2.24, 2.45) is 11.8 Å². The third-order valence-corrected chi connectivity index (χ3v) is 8.04. The highest BCUT2D eigenvalue weighted by Gasteiger charge is 2.79. The Morgan fingerprint density at radius 3 is 2.53 bits per heavy atom. The van der Waals surface area contributed by atoms with Gasteiger partial charge in [-0.25, -0.2) is 4.90 Å². The Kier molecular flexibility index (Phi) is 4.48. The highest BCUT2D eigenvalue weighted by atomic mass is 16.5. The summed E-state index contributed by atoms with van der Waals surface area (Å²) in [6, 6.07) is 14.0. The molecule has 174 valence electrons. The Morgan fingerprint density at radius 1 is 1.09 bits per heavy atom. The number of hydrogen-bond donors (Lipinski definition) is 1. The highest BCUT2D eigenvalue weighted by molar-refractivity contribution is 6.25. The van der Waals surface area contributed by atoms with Crippen LogP contribution < -0.4 is 19.4 Å². The van der Waals surface area contributed by atoms with Crippen molar-refractivity contribution >= 4 is 35.1 Å².